The van der Waals surface area contributed by atoms with Crippen LogP contribution in [-0.4, -0.2) is 7.11 Å². The second-order valence-corrected chi connectivity index (χ2v) is 7.86. The Morgan fingerprint density at radius 1 is 0.692 bits per heavy atom. The molecule has 26 heavy (non-hydrogen) atoms. The van der Waals surface area contributed by atoms with Gasteiger partial charge in [-0.25, -0.2) is 0 Å². The van der Waals surface area contributed by atoms with E-state index in [1.54, 1.807) is 7.11 Å². The largest absolute Gasteiger partial charge is 0.496 e. The van der Waals surface area contributed by atoms with Crippen molar-refractivity contribution in [2.24, 2.45) is 0 Å². The van der Waals surface area contributed by atoms with Crippen LogP contribution in [0.1, 0.15) is 26.3 Å². The molecule has 4 aromatic carbocycles. The van der Waals surface area contributed by atoms with Crippen molar-refractivity contribution in [1.82, 2.24) is 0 Å². The molecule has 0 fully saturated rings. The van der Waals surface area contributed by atoms with Gasteiger partial charge in [-0.3, -0.25) is 0 Å². The summed E-state index contributed by atoms with van der Waals surface area (Å²) in [6, 6.07) is 26.0. The first-order valence-electron chi connectivity index (χ1n) is 9.08. The Hall–Kier alpha value is -2.80. The number of hydrogen-bond acceptors (Lipinski definition) is 1. The van der Waals surface area contributed by atoms with Crippen molar-refractivity contribution in [2.75, 3.05) is 7.11 Å². The molecule has 0 aromatic heterocycles. The molecule has 0 saturated carbocycles. The van der Waals surface area contributed by atoms with Gasteiger partial charge in [-0.2, -0.15) is 0 Å². The Bertz CT molecular complexity index is 1100. The standard InChI is InChI=1S/C25H24O/c1-25(2,3)22-16-19-11-6-5-10-18(19)15-21(22)24-20-12-8-7-9-17(20)13-14-23(24)26-4/h5-16H,1-4H3. The van der Waals surface area contributed by atoms with Gasteiger partial charge in [0, 0.05) is 5.56 Å². The van der Waals surface area contributed by atoms with Gasteiger partial charge in [0.25, 0.3) is 0 Å². The van der Waals surface area contributed by atoms with Gasteiger partial charge in [0.15, 0.2) is 0 Å². The van der Waals surface area contributed by atoms with Crippen LogP contribution >= 0.6 is 0 Å². The van der Waals surface area contributed by atoms with Crippen molar-refractivity contribution in [2.45, 2.75) is 26.2 Å². The molecular weight excluding hydrogens is 316 g/mol. The number of fused-ring (bicyclic) bond motifs is 2. The fourth-order valence-electron chi connectivity index (χ4n) is 3.77. The third-order valence-corrected chi connectivity index (χ3v) is 5.07. The minimum Gasteiger partial charge on any atom is -0.496 e. The molecule has 0 N–H and O–H groups in total. The fraction of sp³-hybridized carbons (Fsp3) is 0.200. The van der Waals surface area contributed by atoms with E-state index in [1.807, 2.05) is 0 Å². The van der Waals surface area contributed by atoms with Crippen molar-refractivity contribution in [3.8, 4) is 16.9 Å². The molecule has 0 spiro atoms. The predicted molar refractivity (Wildman–Crippen MR) is 112 cm³/mol. The maximum atomic E-state index is 5.79. The molecule has 0 aliphatic carbocycles. The SMILES string of the molecule is COc1ccc2ccccc2c1-c1cc2ccccc2cc1C(C)(C)C. The van der Waals surface area contributed by atoms with Gasteiger partial charge in [0.05, 0.1) is 7.11 Å². The Balaban J connectivity index is 2.16. The van der Waals surface area contributed by atoms with E-state index < -0.39 is 0 Å². The summed E-state index contributed by atoms with van der Waals surface area (Å²) in [7, 11) is 1.76. The Labute approximate surface area is 155 Å². The number of hydrogen-bond donors (Lipinski definition) is 0. The molecule has 4 aromatic rings. The summed E-state index contributed by atoms with van der Waals surface area (Å²) in [6.45, 7) is 6.83. The highest BCUT2D eigenvalue weighted by molar-refractivity contribution is 6.03. The predicted octanol–water partition coefficient (Wildman–Crippen LogP) is 6.97. The highest BCUT2D eigenvalue weighted by atomic mass is 16.5. The van der Waals surface area contributed by atoms with Crippen molar-refractivity contribution in [1.29, 1.82) is 0 Å². The van der Waals surface area contributed by atoms with Gasteiger partial charge in [-0.1, -0.05) is 81.4 Å². The van der Waals surface area contributed by atoms with Crippen molar-refractivity contribution in [3.63, 3.8) is 0 Å². The molecule has 0 aliphatic heterocycles. The van der Waals surface area contributed by atoms with Crippen LogP contribution in [0, 0.1) is 0 Å². The highest BCUT2D eigenvalue weighted by Crippen LogP contribution is 2.43. The lowest BCUT2D eigenvalue weighted by atomic mass is 9.79. The first-order chi connectivity index (χ1) is 12.5. The summed E-state index contributed by atoms with van der Waals surface area (Å²) in [5.41, 5.74) is 3.80. The molecular formula is C25H24O. The van der Waals surface area contributed by atoms with Crippen molar-refractivity contribution < 1.29 is 4.74 Å². The molecule has 4 rings (SSSR count). The van der Waals surface area contributed by atoms with E-state index in [-0.39, 0.29) is 5.41 Å². The van der Waals surface area contributed by atoms with Gasteiger partial charge in [0.1, 0.15) is 5.75 Å². The minimum atomic E-state index is 0.0291. The lowest BCUT2D eigenvalue weighted by Gasteiger charge is -2.25. The average Bonchev–Trinajstić information content (AvgIpc) is 2.65. The first kappa shape index (κ1) is 16.7. The van der Waals surface area contributed by atoms with Crippen LogP contribution in [0.3, 0.4) is 0 Å². The summed E-state index contributed by atoms with van der Waals surface area (Å²) in [4.78, 5) is 0. The molecule has 0 radical (unpaired) electrons. The third kappa shape index (κ3) is 2.74. The van der Waals surface area contributed by atoms with Gasteiger partial charge in [-0.05, 0) is 50.2 Å². The summed E-state index contributed by atoms with van der Waals surface area (Å²) in [6.07, 6.45) is 0. The van der Waals surface area contributed by atoms with Crippen LogP contribution in [0.25, 0.3) is 32.7 Å². The smallest absolute Gasteiger partial charge is 0.127 e. The van der Waals surface area contributed by atoms with E-state index in [0.29, 0.717) is 0 Å². The number of benzene rings is 4. The van der Waals surface area contributed by atoms with E-state index in [9.17, 15) is 0 Å². The molecule has 0 heterocycles. The zero-order valence-electron chi connectivity index (χ0n) is 15.8. The highest BCUT2D eigenvalue weighted by Gasteiger charge is 2.22. The zero-order chi connectivity index (χ0) is 18.3. The number of ether oxygens (including phenoxy) is 1. The van der Waals surface area contributed by atoms with E-state index in [1.165, 1.54) is 38.2 Å². The maximum absolute atomic E-state index is 5.79. The maximum Gasteiger partial charge on any atom is 0.127 e. The average molecular weight is 340 g/mol. The van der Waals surface area contributed by atoms with Crippen molar-refractivity contribution in [3.05, 3.63) is 78.4 Å². The molecule has 1 heteroatoms. The molecule has 130 valence electrons. The summed E-state index contributed by atoms with van der Waals surface area (Å²) < 4.78 is 5.79. The van der Waals surface area contributed by atoms with Gasteiger partial charge in [0.2, 0.25) is 0 Å². The van der Waals surface area contributed by atoms with Crippen molar-refractivity contribution >= 4 is 21.5 Å². The van der Waals surface area contributed by atoms with E-state index in [0.717, 1.165) is 5.75 Å². The lowest BCUT2D eigenvalue weighted by Crippen LogP contribution is -2.13. The topological polar surface area (TPSA) is 9.23 Å². The van der Waals surface area contributed by atoms with Gasteiger partial charge in [-0.15, -0.1) is 0 Å². The Morgan fingerprint density at radius 2 is 1.31 bits per heavy atom. The Morgan fingerprint density at radius 3 is 1.96 bits per heavy atom. The monoisotopic (exact) mass is 340 g/mol. The molecule has 0 saturated heterocycles. The molecule has 0 aliphatic rings. The zero-order valence-corrected chi connectivity index (χ0v) is 15.8. The van der Waals surface area contributed by atoms with E-state index in [4.69, 9.17) is 4.74 Å². The molecule has 0 atom stereocenters. The van der Waals surface area contributed by atoms with E-state index >= 15 is 0 Å². The third-order valence-electron chi connectivity index (χ3n) is 5.07. The second-order valence-electron chi connectivity index (χ2n) is 7.86. The summed E-state index contributed by atoms with van der Waals surface area (Å²) >= 11 is 0. The molecule has 0 unspecified atom stereocenters. The number of rotatable bonds is 2. The fourth-order valence-corrected chi connectivity index (χ4v) is 3.77. The summed E-state index contributed by atoms with van der Waals surface area (Å²) in [5, 5.41) is 5.00. The van der Waals surface area contributed by atoms with Crippen LogP contribution in [0.4, 0.5) is 0 Å². The van der Waals surface area contributed by atoms with Gasteiger partial charge < -0.3 is 4.74 Å². The molecule has 0 amide bonds. The van der Waals surface area contributed by atoms with Crippen LogP contribution in [0.5, 0.6) is 5.75 Å². The molecule has 1 nitrogen and oxygen atoms in total. The first-order valence-corrected chi connectivity index (χ1v) is 9.08. The van der Waals surface area contributed by atoms with Crippen LogP contribution < -0.4 is 4.74 Å². The normalized spacial score (nSPS) is 11.8. The minimum absolute atomic E-state index is 0.0291. The van der Waals surface area contributed by atoms with Gasteiger partial charge >= 0.3 is 0 Å². The number of methoxy groups -OCH3 is 1. The van der Waals surface area contributed by atoms with Crippen LogP contribution in [0.15, 0.2) is 72.8 Å². The quantitative estimate of drug-likeness (QED) is 0.383. The lowest BCUT2D eigenvalue weighted by molar-refractivity contribution is 0.417. The van der Waals surface area contributed by atoms with E-state index in [2.05, 4.69) is 93.6 Å². The summed E-state index contributed by atoms with van der Waals surface area (Å²) in [5.74, 6) is 0.921. The van der Waals surface area contributed by atoms with Crippen LogP contribution in [0.2, 0.25) is 0 Å². The van der Waals surface area contributed by atoms with Crippen LogP contribution in [-0.2, 0) is 5.41 Å². The second kappa shape index (κ2) is 6.17. The Kier molecular flexibility index (Phi) is 3.96. The molecule has 0 bridgehead atoms.